The SMILES string of the molecule is CC(C)c1cccc2c1oc(=O)n2CCCBr. The molecule has 0 aliphatic heterocycles. The topological polar surface area (TPSA) is 35.1 Å². The number of aryl methyl sites for hydroxylation is 1. The summed E-state index contributed by atoms with van der Waals surface area (Å²) in [7, 11) is 0. The Labute approximate surface area is 109 Å². The van der Waals surface area contributed by atoms with Crippen LogP contribution < -0.4 is 5.76 Å². The number of fused-ring (bicyclic) bond motifs is 1. The highest BCUT2D eigenvalue weighted by molar-refractivity contribution is 9.09. The summed E-state index contributed by atoms with van der Waals surface area (Å²) in [5.74, 6) is 0.0999. The van der Waals surface area contributed by atoms with Crippen LogP contribution >= 0.6 is 15.9 Å². The molecule has 0 N–H and O–H groups in total. The van der Waals surface area contributed by atoms with Crippen LogP contribution in [0.15, 0.2) is 27.4 Å². The van der Waals surface area contributed by atoms with Crippen molar-refractivity contribution in [3.8, 4) is 0 Å². The molecule has 0 saturated heterocycles. The normalized spacial score (nSPS) is 11.5. The fourth-order valence-electron chi connectivity index (χ4n) is 1.99. The smallest absolute Gasteiger partial charge is 0.407 e. The van der Waals surface area contributed by atoms with E-state index in [0.717, 1.165) is 28.4 Å². The summed E-state index contributed by atoms with van der Waals surface area (Å²) in [6.07, 6.45) is 0.917. The Bertz CT molecular complexity index is 568. The molecule has 0 atom stereocenters. The first-order valence-corrected chi connectivity index (χ1v) is 6.95. The number of hydrogen-bond donors (Lipinski definition) is 0. The lowest BCUT2D eigenvalue weighted by Gasteiger charge is -2.05. The minimum absolute atomic E-state index is 0.256. The largest absolute Gasteiger partial charge is 0.419 e. The number of para-hydroxylation sites is 1. The third kappa shape index (κ3) is 2.32. The molecule has 2 aromatic rings. The van der Waals surface area contributed by atoms with Gasteiger partial charge in [-0.25, -0.2) is 4.79 Å². The van der Waals surface area contributed by atoms with Crippen LogP contribution in [0.1, 0.15) is 31.7 Å². The van der Waals surface area contributed by atoms with E-state index in [0.29, 0.717) is 12.5 Å². The summed E-state index contributed by atoms with van der Waals surface area (Å²) in [5, 5.41) is 0.885. The number of alkyl halides is 1. The molecule has 0 saturated carbocycles. The van der Waals surface area contributed by atoms with Crippen molar-refractivity contribution in [3.05, 3.63) is 34.3 Å². The number of halogens is 1. The lowest BCUT2D eigenvalue weighted by atomic mass is 10.0. The Morgan fingerprint density at radius 1 is 1.41 bits per heavy atom. The van der Waals surface area contributed by atoms with Gasteiger partial charge in [0.25, 0.3) is 0 Å². The Kier molecular flexibility index (Phi) is 3.72. The summed E-state index contributed by atoms with van der Waals surface area (Å²) in [5.41, 5.74) is 2.74. The second kappa shape index (κ2) is 5.08. The van der Waals surface area contributed by atoms with Crippen molar-refractivity contribution >= 4 is 27.0 Å². The van der Waals surface area contributed by atoms with Gasteiger partial charge in [-0.2, -0.15) is 0 Å². The molecule has 0 fully saturated rings. The van der Waals surface area contributed by atoms with Gasteiger partial charge in [0.1, 0.15) is 0 Å². The summed E-state index contributed by atoms with van der Waals surface area (Å²) >= 11 is 3.38. The Hall–Kier alpha value is -1.03. The van der Waals surface area contributed by atoms with Crippen LogP contribution in [0.3, 0.4) is 0 Å². The molecule has 0 spiro atoms. The first-order valence-electron chi connectivity index (χ1n) is 5.83. The summed E-state index contributed by atoms with van der Waals surface area (Å²) in [6, 6.07) is 5.95. The Morgan fingerprint density at radius 2 is 2.18 bits per heavy atom. The van der Waals surface area contributed by atoms with Gasteiger partial charge in [0.05, 0.1) is 5.52 Å². The van der Waals surface area contributed by atoms with E-state index in [9.17, 15) is 4.79 Å². The summed E-state index contributed by atoms with van der Waals surface area (Å²) in [4.78, 5) is 11.8. The van der Waals surface area contributed by atoms with E-state index < -0.39 is 0 Å². The van der Waals surface area contributed by atoms with Gasteiger partial charge in [-0.3, -0.25) is 4.57 Å². The highest BCUT2D eigenvalue weighted by Crippen LogP contribution is 2.24. The van der Waals surface area contributed by atoms with Crippen LogP contribution in [0, 0.1) is 0 Å². The molecule has 1 heterocycles. The van der Waals surface area contributed by atoms with E-state index in [1.54, 1.807) is 4.57 Å². The maximum absolute atomic E-state index is 11.8. The van der Waals surface area contributed by atoms with E-state index in [4.69, 9.17) is 4.42 Å². The van der Waals surface area contributed by atoms with Gasteiger partial charge in [-0.1, -0.05) is 41.9 Å². The van der Waals surface area contributed by atoms with Crippen molar-refractivity contribution in [2.24, 2.45) is 0 Å². The zero-order valence-corrected chi connectivity index (χ0v) is 11.7. The lowest BCUT2D eigenvalue weighted by molar-refractivity contribution is 0.500. The molecule has 2 rings (SSSR count). The average Bonchev–Trinajstić information content (AvgIpc) is 2.61. The second-order valence-corrected chi connectivity index (χ2v) is 5.21. The Morgan fingerprint density at radius 3 is 2.82 bits per heavy atom. The molecule has 0 bridgehead atoms. The molecule has 3 nitrogen and oxygen atoms in total. The van der Waals surface area contributed by atoms with Crippen LogP contribution in [-0.4, -0.2) is 9.90 Å². The van der Waals surface area contributed by atoms with E-state index in [2.05, 4.69) is 29.8 Å². The van der Waals surface area contributed by atoms with Gasteiger partial charge in [0.15, 0.2) is 5.58 Å². The van der Waals surface area contributed by atoms with Crippen molar-refractivity contribution in [2.45, 2.75) is 32.7 Å². The van der Waals surface area contributed by atoms with E-state index in [-0.39, 0.29) is 5.76 Å². The van der Waals surface area contributed by atoms with Crippen molar-refractivity contribution in [3.63, 3.8) is 0 Å². The molecule has 1 aromatic heterocycles. The van der Waals surface area contributed by atoms with Crippen LogP contribution in [-0.2, 0) is 6.54 Å². The maximum Gasteiger partial charge on any atom is 0.419 e. The van der Waals surface area contributed by atoms with Crippen LogP contribution in [0.2, 0.25) is 0 Å². The molecule has 92 valence electrons. The predicted molar refractivity (Wildman–Crippen MR) is 73.0 cm³/mol. The zero-order valence-electron chi connectivity index (χ0n) is 10.1. The number of nitrogens with zero attached hydrogens (tertiary/aromatic N) is 1. The molecule has 4 heteroatoms. The molecule has 0 amide bonds. The van der Waals surface area contributed by atoms with E-state index in [1.807, 2.05) is 18.2 Å². The molecule has 17 heavy (non-hydrogen) atoms. The summed E-state index contributed by atoms with van der Waals surface area (Å²) in [6.45, 7) is 4.90. The van der Waals surface area contributed by atoms with E-state index in [1.165, 1.54) is 0 Å². The molecule has 0 aliphatic carbocycles. The summed E-state index contributed by atoms with van der Waals surface area (Å²) < 4.78 is 7.09. The predicted octanol–water partition coefficient (Wildman–Crippen LogP) is 3.50. The monoisotopic (exact) mass is 297 g/mol. The third-order valence-corrected chi connectivity index (χ3v) is 3.42. The second-order valence-electron chi connectivity index (χ2n) is 4.41. The first kappa shape index (κ1) is 12.4. The van der Waals surface area contributed by atoms with Gasteiger partial charge in [-0.05, 0) is 24.0 Å². The van der Waals surface area contributed by atoms with Crippen LogP contribution in [0.4, 0.5) is 0 Å². The number of aromatic nitrogens is 1. The highest BCUT2D eigenvalue weighted by Gasteiger charge is 2.13. The van der Waals surface area contributed by atoms with Gasteiger partial charge in [0, 0.05) is 11.9 Å². The standard InChI is InChI=1S/C13H16BrNO2/c1-9(2)10-5-3-6-11-12(10)17-13(16)15(11)8-4-7-14/h3,5-6,9H,4,7-8H2,1-2H3. The van der Waals surface area contributed by atoms with Gasteiger partial charge in [0.2, 0.25) is 0 Å². The van der Waals surface area contributed by atoms with Crippen molar-refractivity contribution < 1.29 is 4.42 Å². The number of oxazole rings is 1. The molecule has 1 aromatic carbocycles. The molecule has 0 aliphatic rings. The quantitative estimate of drug-likeness (QED) is 0.810. The Balaban J connectivity index is 2.59. The minimum Gasteiger partial charge on any atom is -0.407 e. The van der Waals surface area contributed by atoms with Gasteiger partial charge < -0.3 is 4.42 Å². The van der Waals surface area contributed by atoms with Crippen LogP contribution in [0.25, 0.3) is 11.1 Å². The van der Waals surface area contributed by atoms with Gasteiger partial charge >= 0.3 is 5.76 Å². The van der Waals surface area contributed by atoms with Crippen molar-refractivity contribution in [2.75, 3.05) is 5.33 Å². The number of benzene rings is 1. The number of hydrogen-bond acceptors (Lipinski definition) is 2. The number of rotatable bonds is 4. The van der Waals surface area contributed by atoms with Crippen LogP contribution in [0.5, 0.6) is 0 Å². The van der Waals surface area contributed by atoms with E-state index >= 15 is 0 Å². The molecule has 0 unspecified atom stereocenters. The first-order chi connectivity index (χ1) is 8.15. The lowest BCUT2D eigenvalue weighted by Crippen LogP contribution is -2.14. The zero-order chi connectivity index (χ0) is 12.4. The highest BCUT2D eigenvalue weighted by atomic mass is 79.9. The molecule has 0 radical (unpaired) electrons. The van der Waals surface area contributed by atoms with Crippen molar-refractivity contribution in [1.29, 1.82) is 0 Å². The maximum atomic E-state index is 11.8. The third-order valence-electron chi connectivity index (χ3n) is 2.86. The molecular formula is C13H16BrNO2. The molecular weight excluding hydrogens is 282 g/mol. The fraction of sp³-hybridized carbons (Fsp3) is 0.462. The fourth-order valence-corrected chi connectivity index (χ4v) is 2.24. The minimum atomic E-state index is -0.256. The van der Waals surface area contributed by atoms with Crippen molar-refractivity contribution in [1.82, 2.24) is 4.57 Å². The average molecular weight is 298 g/mol. The van der Waals surface area contributed by atoms with Gasteiger partial charge in [-0.15, -0.1) is 0 Å².